The van der Waals surface area contributed by atoms with Gasteiger partial charge in [-0.25, -0.2) is 9.48 Å². The monoisotopic (exact) mass is 229 g/mol. The van der Waals surface area contributed by atoms with Gasteiger partial charge in [0.15, 0.2) is 5.78 Å². The molecule has 0 N–H and O–H groups in total. The Bertz CT molecular complexity index is 590. The summed E-state index contributed by atoms with van der Waals surface area (Å²) in [7, 11) is 0. The number of Topliss-reactive ketones (excluding diaryl/α,β-unsaturated/α-hetero) is 1. The van der Waals surface area contributed by atoms with E-state index in [0.717, 1.165) is 10.2 Å². The first-order valence-electron chi connectivity index (χ1n) is 5.16. The summed E-state index contributed by atoms with van der Waals surface area (Å²) in [6.45, 7) is 1.36. The molecule has 0 unspecified atom stereocenters. The van der Waals surface area contributed by atoms with Crippen LogP contribution in [0.4, 0.5) is 0 Å². The maximum absolute atomic E-state index is 11.6. The van der Waals surface area contributed by atoms with Crippen LogP contribution in [0, 0.1) is 0 Å². The molecule has 0 saturated carbocycles. The smallest absolute Gasteiger partial charge is 0.298 e. The van der Waals surface area contributed by atoms with Gasteiger partial charge in [0.2, 0.25) is 0 Å². The van der Waals surface area contributed by atoms with Crippen LogP contribution in [0.25, 0.3) is 11.3 Å². The molecule has 5 heteroatoms. The molecule has 0 amide bonds. The zero-order valence-electron chi connectivity index (χ0n) is 9.33. The number of aromatic nitrogens is 3. The van der Waals surface area contributed by atoms with E-state index in [4.69, 9.17) is 0 Å². The zero-order chi connectivity index (χ0) is 12.3. The van der Waals surface area contributed by atoms with Crippen molar-refractivity contribution in [2.24, 2.45) is 0 Å². The summed E-state index contributed by atoms with van der Waals surface area (Å²) in [5.41, 5.74) is 0.823. The number of carbonyl (C=O) groups excluding carboxylic acids is 1. The van der Waals surface area contributed by atoms with Gasteiger partial charge in [-0.1, -0.05) is 30.3 Å². The van der Waals surface area contributed by atoms with Gasteiger partial charge in [-0.3, -0.25) is 4.79 Å². The van der Waals surface area contributed by atoms with Crippen molar-refractivity contribution in [3.8, 4) is 11.3 Å². The lowest BCUT2D eigenvalue weighted by Crippen LogP contribution is -2.28. The zero-order valence-corrected chi connectivity index (χ0v) is 9.33. The molecule has 2 rings (SSSR count). The third-order valence-electron chi connectivity index (χ3n) is 2.20. The van der Waals surface area contributed by atoms with Crippen LogP contribution in [-0.2, 0) is 11.3 Å². The Balaban J connectivity index is 2.38. The molecule has 0 aliphatic carbocycles. The molecule has 1 aromatic heterocycles. The van der Waals surface area contributed by atoms with Gasteiger partial charge in [-0.05, 0) is 6.92 Å². The topological polar surface area (TPSA) is 64.8 Å². The van der Waals surface area contributed by atoms with Gasteiger partial charge in [0, 0.05) is 5.56 Å². The second-order valence-electron chi connectivity index (χ2n) is 3.65. The Morgan fingerprint density at radius 2 is 2.00 bits per heavy atom. The van der Waals surface area contributed by atoms with Gasteiger partial charge in [-0.2, -0.15) is 10.1 Å². The third-order valence-corrected chi connectivity index (χ3v) is 2.20. The van der Waals surface area contributed by atoms with Crippen molar-refractivity contribution in [3.63, 3.8) is 0 Å². The van der Waals surface area contributed by atoms with Crippen LogP contribution in [0.5, 0.6) is 0 Å². The van der Waals surface area contributed by atoms with Crippen molar-refractivity contribution in [3.05, 3.63) is 47.0 Å². The standard InChI is InChI=1S/C12H11N3O2/c1-9(16)8-15-12(17)14-11(7-13-15)10-5-3-2-4-6-10/h2-7H,8H2,1H3. The van der Waals surface area contributed by atoms with E-state index < -0.39 is 5.69 Å². The minimum absolute atomic E-state index is 0.0408. The Morgan fingerprint density at radius 1 is 1.29 bits per heavy atom. The summed E-state index contributed by atoms with van der Waals surface area (Å²) < 4.78 is 1.05. The predicted octanol–water partition coefficient (Wildman–Crippen LogP) is 0.894. The molecule has 0 bridgehead atoms. The Morgan fingerprint density at radius 3 is 2.59 bits per heavy atom. The lowest BCUT2D eigenvalue weighted by Gasteiger charge is -2.02. The SMILES string of the molecule is CC(=O)Cn1ncc(-c2ccccc2)nc1=O. The van der Waals surface area contributed by atoms with E-state index in [1.54, 1.807) is 0 Å². The van der Waals surface area contributed by atoms with E-state index >= 15 is 0 Å². The molecule has 5 nitrogen and oxygen atoms in total. The van der Waals surface area contributed by atoms with E-state index in [1.807, 2.05) is 30.3 Å². The highest BCUT2D eigenvalue weighted by molar-refractivity contribution is 5.75. The fourth-order valence-electron chi connectivity index (χ4n) is 1.43. The number of carbonyl (C=O) groups is 1. The van der Waals surface area contributed by atoms with Crippen molar-refractivity contribution < 1.29 is 4.79 Å². The number of benzene rings is 1. The first-order chi connectivity index (χ1) is 8.16. The van der Waals surface area contributed by atoms with Crippen LogP contribution in [-0.4, -0.2) is 20.5 Å². The fourth-order valence-corrected chi connectivity index (χ4v) is 1.43. The van der Waals surface area contributed by atoms with Crippen LogP contribution in [0.15, 0.2) is 41.3 Å². The van der Waals surface area contributed by atoms with Crippen LogP contribution in [0.1, 0.15) is 6.92 Å². The molecule has 0 saturated heterocycles. The molecule has 0 radical (unpaired) electrons. The molecule has 2 aromatic rings. The number of hydrogen-bond acceptors (Lipinski definition) is 4. The van der Waals surface area contributed by atoms with Gasteiger partial charge in [0.25, 0.3) is 0 Å². The minimum atomic E-state index is -0.512. The summed E-state index contributed by atoms with van der Waals surface area (Å²) >= 11 is 0. The van der Waals surface area contributed by atoms with Crippen LogP contribution < -0.4 is 5.69 Å². The van der Waals surface area contributed by atoms with Gasteiger partial charge in [0.1, 0.15) is 6.54 Å². The summed E-state index contributed by atoms with van der Waals surface area (Å²) in [5.74, 6) is -0.131. The molecule has 86 valence electrons. The maximum Gasteiger partial charge on any atom is 0.364 e. The van der Waals surface area contributed by atoms with Crippen molar-refractivity contribution in [2.45, 2.75) is 13.5 Å². The van der Waals surface area contributed by atoms with Crippen molar-refractivity contribution >= 4 is 5.78 Å². The molecular formula is C12H11N3O2. The van der Waals surface area contributed by atoms with Crippen LogP contribution in [0.2, 0.25) is 0 Å². The Hall–Kier alpha value is -2.30. The number of nitrogens with zero attached hydrogens (tertiary/aromatic N) is 3. The molecular weight excluding hydrogens is 218 g/mol. The highest BCUT2D eigenvalue weighted by atomic mass is 16.2. The first kappa shape index (κ1) is 11.2. The second kappa shape index (κ2) is 4.69. The van der Waals surface area contributed by atoms with E-state index in [-0.39, 0.29) is 12.3 Å². The third kappa shape index (κ3) is 2.63. The lowest BCUT2D eigenvalue weighted by molar-refractivity contribution is -0.117. The highest BCUT2D eigenvalue weighted by Gasteiger charge is 2.05. The van der Waals surface area contributed by atoms with E-state index in [1.165, 1.54) is 13.1 Å². The Kier molecular flexibility index (Phi) is 3.09. The fraction of sp³-hybridized carbons (Fsp3) is 0.167. The van der Waals surface area contributed by atoms with E-state index in [0.29, 0.717) is 5.69 Å². The van der Waals surface area contributed by atoms with Gasteiger partial charge in [-0.15, -0.1) is 0 Å². The summed E-state index contributed by atoms with van der Waals surface area (Å²) in [6, 6.07) is 9.29. The molecule has 0 fully saturated rings. The highest BCUT2D eigenvalue weighted by Crippen LogP contribution is 2.12. The average molecular weight is 229 g/mol. The number of hydrogen-bond donors (Lipinski definition) is 0. The molecule has 1 heterocycles. The summed E-state index contributed by atoms with van der Waals surface area (Å²) in [6.07, 6.45) is 1.49. The van der Waals surface area contributed by atoms with Gasteiger partial charge >= 0.3 is 5.69 Å². The van der Waals surface area contributed by atoms with Gasteiger partial charge < -0.3 is 0 Å². The quantitative estimate of drug-likeness (QED) is 0.784. The molecule has 1 aromatic carbocycles. The molecule has 17 heavy (non-hydrogen) atoms. The normalized spacial score (nSPS) is 10.2. The number of ketones is 1. The largest absolute Gasteiger partial charge is 0.364 e. The van der Waals surface area contributed by atoms with Crippen molar-refractivity contribution in [1.82, 2.24) is 14.8 Å². The molecule has 0 atom stereocenters. The average Bonchev–Trinajstić information content (AvgIpc) is 2.32. The molecule has 0 aliphatic heterocycles. The van der Waals surface area contributed by atoms with Crippen LogP contribution >= 0.6 is 0 Å². The van der Waals surface area contributed by atoms with E-state index in [2.05, 4.69) is 10.1 Å². The summed E-state index contributed by atoms with van der Waals surface area (Å²) in [5, 5.41) is 3.92. The van der Waals surface area contributed by atoms with E-state index in [9.17, 15) is 9.59 Å². The summed E-state index contributed by atoms with van der Waals surface area (Å²) in [4.78, 5) is 26.4. The van der Waals surface area contributed by atoms with Crippen molar-refractivity contribution in [1.29, 1.82) is 0 Å². The van der Waals surface area contributed by atoms with Crippen LogP contribution in [0.3, 0.4) is 0 Å². The lowest BCUT2D eigenvalue weighted by atomic mass is 10.2. The molecule has 0 aliphatic rings. The number of rotatable bonds is 3. The first-order valence-corrected chi connectivity index (χ1v) is 5.16. The van der Waals surface area contributed by atoms with Crippen molar-refractivity contribution in [2.75, 3.05) is 0 Å². The maximum atomic E-state index is 11.6. The van der Waals surface area contributed by atoms with Gasteiger partial charge in [0.05, 0.1) is 11.9 Å². The minimum Gasteiger partial charge on any atom is -0.298 e. The predicted molar refractivity (Wildman–Crippen MR) is 62.4 cm³/mol. The molecule has 0 spiro atoms. The Labute approximate surface area is 97.7 Å². The second-order valence-corrected chi connectivity index (χ2v) is 3.65.